The number of halogens is 1. The maximum atomic E-state index is 4.62. The van der Waals surface area contributed by atoms with E-state index < -0.39 is 0 Å². The molecule has 4 heteroatoms. The molecular weight excluding hydrogens is 290 g/mol. The fourth-order valence-electron chi connectivity index (χ4n) is 2.43. The van der Waals surface area contributed by atoms with Gasteiger partial charge in [-0.15, -0.1) is 0 Å². The van der Waals surface area contributed by atoms with E-state index in [1.54, 1.807) is 0 Å². The minimum absolute atomic E-state index is 0.864. The minimum Gasteiger partial charge on any atom is -0.356 e. The summed E-state index contributed by atoms with van der Waals surface area (Å²) in [4.78, 5) is 7.04. The fourth-order valence-corrected chi connectivity index (χ4v) is 2.81. The Kier molecular flexibility index (Phi) is 5.01. The van der Waals surface area contributed by atoms with Crippen LogP contribution in [0.4, 0.5) is 5.82 Å². The molecule has 1 N–H and O–H groups in total. The first kappa shape index (κ1) is 13.8. The Morgan fingerprint density at radius 1 is 1.50 bits per heavy atom. The predicted octanol–water partition coefficient (Wildman–Crippen LogP) is 3.19. The maximum absolute atomic E-state index is 4.62. The summed E-state index contributed by atoms with van der Waals surface area (Å²) in [6.07, 6.45) is 6.07. The lowest BCUT2D eigenvalue weighted by atomic mass is 9.85. The van der Waals surface area contributed by atoms with Crippen LogP contribution in [0.1, 0.15) is 31.7 Å². The Bertz CT molecular complexity index is 391. The molecule has 18 heavy (non-hydrogen) atoms. The number of pyridine rings is 1. The molecule has 1 aliphatic carbocycles. The zero-order valence-electron chi connectivity index (χ0n) is 11.2. The summed E-state index contributed by atoms with van der Waals surface area (Å²) in [5, 5.41) is 3.22. The molecule has 2 rings (SSSR count). The van der Waals surface area contributed by atoms with Crippen molar-refractivity contribution in [1.29, 1.82) is 0 Å². The average Bonchev–Trinajstić information content (AvgIpc) is 2.30. The van der Waals surface area contributed by atoms with Crippen LogP contribution in [-0.4, -0.2) is 25.1 Å². The van der Waals surface area contributed by atoms with Gasteiger partial charge >= 0.3 is 0 Å². The third kappa shape index (κ3) is 3.23. The third-order valence-electron chi connectivity index (χ3n) is 3.66. The molecule has 1 aliphatic rings. The molecule has 0 radical (unpaired) electrons. The van der Waals surface area contributed by atoms with Crippen LogP contribution in [0.5, 0.6) is 0 Å². The van der Waals surface area contributed by atoms with Crippen molar-refractivity contribution >= 4 is 21.7 Å². The van der Waals surface area contributed by atoms with Crippen LogP contribution in [0.2, 0.25) is 0 Å². The number of hydrogen-bond acceptors (Lipinski definition) is 3. The molecule has 1 heterocycles. The first-order chi connectivity index (χ1) is 8.74. The number of rotatable bonds is 6. The predicted molar refractivity (Wildman–Crippen MR) is 79.9 cm³/mol. The summed E-state index contributed by atoms with van der Waals surface area (Å²) in [6.45, 7) is 5.26. The monoisotopic (exact) mass is 311 g/mol. The van der Waals surface area contributed by atoms with Crippen molar-refractivity contribution in [1.82, 2.24) is 10.3 Å². The van der Waals surface area contributed by atoms with Crippen molar-refractivity contribution < 1.29 is 0 Å². The van der Waals surface area contributed by atoms with Crippen molar-refractivity contribution in [2.75, 3.05) is 25.0 Å². The third-order valence-corrected chi connectivity index (χ3v) is 4.09. The van der Waals surface area contributed by atoms with Crippen LogP contribution in [-0.2, 0) is 6.54 Å². The van der Waals surface area contributed by atoms with E-state index in [1.165, 1.54) is 24.8 Å². The molecule has 0 bridgehead atoms. The number of hydrogen-bond donors (Lipinski definition) is 1. The highest BCUT2D eigenvalue weighted by Crippen LogP contribution is 2.30. The number of nitrogens with one attached hydrogen (secondary N) is 1. The van der Waals surface area contributed by atoms with Gasteiger partial charge < -0.3 is 10.2 Å². The molecule has 1 fully saturated rings. The Hall–Kier alpha value is -0.610. The Labute approximate surface area is 118 Å². The topological polar surface area (TPSA) is 28.2 Å². The average molecular weight is 312 g/mol. The molecule has 0 amide bonds. The van der Waals surface area contributed by atoms with E-state index in [-0.39, 0.29) is 0 Å². The van der Waals surface area contributed by atoms with Gasteiger partial charge in [0.05, 0.1) is 0 Å². The van der Waals surface area contributed by atoms with Crippen molar-refractivity contribution in [2.24, 2.45) is 5.92 Å². The number of anilines is 1. The van der Waals surface area contributed by atoms with Gasteiger partial charge in [-0.05, 0) is 54.7 Å². The summed E-state index contributed by atoms with van der Waals surface area (Å²) < 4.78 is 1.05. The maximum Gasteiger partial charge on any atom is 0.133 e. The van der Waals surface area contributed by atoms with Gasteiger partial charge in [0.15, 0.2) is 0 Å². The van der Waals surface area contributed by atoms with Gasteiger partial charge in [-0.1, -0.05) is 6.42 Å². The summed E-state index contributed by atoms with van der Waals surface area (Å²) in [5.41, 5.74) is 1.27. The first-order valence-corrected chi connectivity index (χ1v) is 7.57. The molecule has 3 nitrogen and oxygen atoms in total. The Morgan fingerprint density at radius 2 is 2.28 bits per heavy atom. The van der Waals surface area contributed by atoms with E-state index in [0.29, 0.717) is 0 Å². The van der Waals surface area contributed by atoms with Crippen LogP contribution < -0.4 is 10.2 Å². The molecule has 0 atom stereocenters. The zero-order chi connectivity index (χ0) is 13.0. The van der Waals surface area contributed by atoms with E-state index >= 15 is 0 Å². The van der Waals surface area contributed by atoms with Gasteiger partial charge in [-0.3, -0.25) is 0 Å². The van der Waals surface area contributed by atoms with Crippen LogP contribution in [0.3, 0.4) is 0 Å². The van der Waals surface area contributed by atoms with Gasteiger partial charge in [-0.25, -0.2) is 4.98 Å². The molecule has 1 aromatic heterocycles. The molecule has 1 aromatic rings. The van der Waals surface area contributed by atoms with Crippen LogP contribution in [0, 0.1) is 5.92 Å². The van der Waals surface area contributed by atoms with Gasteiger partial charge in [0.2, 0.25) is 0 Å². The van der Waals surface area contributed by atoms with E-state index in [1.807, 2.05) is 13.2 Å². The van der Waals surface area contributed by atoms with Crippen LogP contribution in [0.15, 0.2) is 16.7 Å². The van der Waals surface area contributed by atoms with Crippen LogP contribution >= 0.6 is 15.9 Å². The number of nitrogens with zero attached hydrogens (tertiary/aromatic N) is 2. The Balaban J connectivity index is 2.16. The summed E-state index contributed by atoms with van der Waals surface area (Å²) in [7, 11) is 1.98. The molecule has 0 aromatic carbocycles. The highest BCUT2D eigenvalue weighted by Gasteiger charge is 2.22. The van der Waals surface area contributed by atoms with Crippen molar-refractivity contribution in [3.63, 3.8) is 0 Å². The van der Waals surface area contributed by atoms with E-state index in [9.17, 15) is 0 Å². The lowest BCUT2D eigenvalue weighted by Crippen LogP contribution is -2.34. The molecular formula is C14H22BrN3. The van der Waals surface area contributed by atoms with Crippen molar-refractivity contribution in [3.05, 3.63) is 22.3 Å². The first-order valence-electron chi connectivity index (χ1n) is 6.78. The Morgan fingerprint density at radius 3 is 2.83 bits per heavy atom. The minimum atomic E-state index is 0.864. The van der Waals surface area contributed by atoms with E-state index in [4.69, 9.17) is 0 Å². The second-order valence-electron chi connectivity index (χ2n) is 5.00. The highest BCUT2D eigenvalue weighted by molar-refractivity contribution is 9.10. The van der Waals surface area contributed by atoms with Crippen LogP contribution in [0.25, 0.3) is 0 Å². The lowest BCUT2D eigenvalue weighted by Gasteiger charge is -2.33. The fraction of sp³-hybridized carbons (Fsp3) is 0.643. The van der Waals surface area contributed by atoms with Crippen molar-refractivity contribution in [3.8, 4) is 0 Å². The quantitative estimate of drug-likeness (QED) is 0.874. The summed E-state index contributed by atoms with van der Waals surface area (Å²) in [6, 6.07) is 2.17. The van der Waals surface area contributed by atoms with E-state index in [0.717, 1.165) is 35.8 Å². The standard InChI is InChI=1S/C14H22BrN3/c1-3-18(10-11-5-4-6-11)14-12(8-16-2)7-13(15)9-17-14/h7,9,11,16H,3-6,8,10H2,1-2H3. The molecule has 1 saturated carbocycles. The summed E-state index contributed by atoms with van der Waals surface area (Å²) >= 11 is 3.50. The zero-order valence-corrected chi connectivity index (χ0v) is 12.8. The van der Waals surface area contributed by atoms with Gasteiger partial charge in [-0.2, -0.15) is 0 Å². The van der Waals surface area contributed by atoms with Gasteiger partial charge in [0.1, 0.15) is 5.82 Å². The van der Waals surface area contributed by atoms with E-state index in [2.05, 4.69) is 44.1 Å². The molecule has 0 aliphatic heterocycles. The largest absolute Gasteiger partial charge is 0.356 e. The molecule has 100 valence electrons. The highest BCUT2D eigenvalue weighted by atomic mass is 79.9. The second-order valence-corrected chi connectivity index (χ2v) is 5.92. The SMILES string of the molecule is CCN(CC1CCC1)c1ncc(Br)cc1CNC. The molecule has 0 spiro atoms. The second kappa shape index (κ2) is 6.53. The van der Waals surface area contributed by atoms with Gasteiger partial charge in [0, 0.05) is 35.9 Å². The smallest absolute Gasteiger partial charge is 0.133 e. The summed E-state index contributed by atoms with van der Waals surface area (Å²) in [5.74, 6) is 2.01. The lowest BCUT2D eigenvalue weighted by molar-refractivity contribution is 0.318. The van der Waals surface area contributed by atoms with Crippen molar-refractivity contribution in [2.45, 2.75) is 32.7 Å². The molecule has 0 unspecified atom stereocenters. The van der Waals surface area contributed by atoms with Gasteiger partial charge in [0.25, 0.3) is 0 Å². The normalized spacial score (nSPS) is 15.5. The molecule has 0 saturated heterocycles. The number of aromatic nitrogens is 1.